The number of alkyl halides is 3. The van der Waals surface area contributed by atoms with Gasteiger partial charge in [0.2, 0.25) is 0 Å². The van der Waals surface area contributed by atoms with E-state index >= 15 is 0 Å². The van der Waals surface area contributed by atoms with Crippen LogP contribution in [0.4, 0.5) is 30.2 Å². The van der Waals surface area contributed by atoms with Crippen LogP contribution >= 0.6 is 0 Å². The molecule has 1 amide bonds. The van der Waals surface area contributed by atoms with Crippen LogP contribution in [-0.2, 0) is 13.2 Å². The number of hydrazine groups is 2. The Morgan fingerprint density at radius 2 is 1.88 bits per heavy atom. The summed E-state index contributed by atoms with van der Waals surface area (Å²) in [5.41, 5.74) is 10.1. The Bertz CT molecular complexity index is 1430. The van der Waals surface area contributed by atoms with Gasteiger partial charge in [0.05, 0.1) is 23.1 Å². The average Bonchev–Trinajstić information content (AvgIpc) is 3.68. The molecule has 40 heavy (non-hydrogen) atoms. The first-order chi connectivity index (χ1) is 19.1. The van der Waals surface area contributed by atoms with Crippen molar-refractivity contribution in [3.05, 3.63) is 76.7 Å². The predicted octanol–water partition coefficient (Wildman–Crippen LogP) is 4.64. The second-order valence-corrected chi connectivity index (χ2v) is 10.1. The minimum Gasteiger partial charge on any atom is -0.383 e. The molecule has 9 nitrogen and oxygen atoms in total. The molecule has 0 bridgehead atoms. The second kappa shape index (κ2) is 11.2. The number of likely N-dealkylation sites (tertiary alicyclic amines) is 1. The van der Waals surface area contributed by atoms with E-state index in [-0.39, 0.29) is 11.3 Å². The Hall–Kier alpha value is -4.03. The smallest absolute Gasteiger partial charge is 0.383 e. The van der Waals surface area contributed by atoms with Gasteiger partial charge in [0.15, 0.2) is 0 Å². The van der Waals surface area contributed by atoms with Crippen molar-refractivity contribution in [3.8, 4) is 0 Å². The van der Waals surface area contributed by atoms with Gasteiger partial charge < -0.3 is 21.0 Å². The van der Waals surface area contributed by atoms with Gasteiger partial charge in [-0.05, 0) is 75.7 Å². The number of aromatic nitrogens is 2. The molecule has 0 unspecified atom stereocenters. The van der Waals surface area contributed by atoms with Crippen LogP contribution in [0.2, 0.25) is 0 Å². The number of aryl methyl sites for hydroxylation is 2. The zero-order valence-corrected chi connectivity index (χ0v) is 22.7. The third kappa shape index (κ3) is 5.92. The zero-order valence-electron chi connectivity index (χ0n) is 22.7. The summed E-state index contributed by atoms with van der Waals surface area (Å²) in [7, 11) is 1.87. The molecule has 3 aromatic rings. The first kappa shape index (κ1) is 27.5. The monoisotopic (exact) mass is 554 g/mol. The third-order valence-electron chi connectivity index (χ3n) is 7.35. The van der Waals surface area contributed by atoms with Crippen molar-refractivity contribution in [2.75, 3.05) is 41.8 Å². The number of hydrogen-bond donors (Lipinski definition) is 4. The van der Waals surface area contributed by atoms with Gasteiger partial charge in [-0.15, -0.1) is 5.53 Å². The number of nitrogens with zero attached hydrogens (tertiary/aromatic N) is 4. The number of amides is 1. The number of carbonyl (C=O) groups is 1. The van der Waals surface area contributed by atoms with Gasteiger partial charge in [0.1, 0.15) is 0 Å². The van der Waals surface area contributed by atoms with Crippen LogP contribution in [0.25, 0.3) is 5.70 Å². The number of hydrogen-bond acceptors (Lipinski definition) is 7. The molecule has 12 heteroatoms. The van der Waals surface area contributed by atoms with Crippen LogP contribution < -0.4 is 26.6 Å². The Morgan fingerprint density at radius 1 is 1.10 bits per heavy atom. The first-order valence-electron chi connectivity index (χ1n) is 13.2. The quantitative estimate of drug-likeness (QED) is 0.323. The highest BCUT2D eigenvalue weighted by molar-refractivity contribution is 6.05. The van der Waals surface area contributed by atoms with Crippen molar-refractivity contribution in [1.82, 2.24) is 25.6 Å². The van der Waals surface area contributed by atoms with E-state index in [4.69, 9.17) is 0 Å². The fraction of sp³-hybridized carbons (Fsp3) is 0.357. The SMILES string of the molecule is Cc1ccc(NC(=O)c2ccc(NCCN3CCCC3)c(C(F)(F)F)c2)cc1N1C=C(c2cnn(C)c2C)NN1. The van der Waals surface area contributed by atoms with E-state index < -0.39 is 17.6 Å². The molecule has 2 aromatic carbocycles. The lowest BCUT2D eigenvalue weighted by Gasteiger charge is -2.20. The van der Waals surface area contributed by atoms with Crippen LogP contribution in [0.5, 0.6) is 0 Å². The fourth-order valence-electron chi connectivity index (χ4n) is 4.92. The van der Waals surface area contributed by atoms with Gasteiger partial charge in [-0.3, -0.25) is 14.5 Å². The Balaban J connectivity index is 1.30. The van der Waals surface area contributed by atoms with E-state index in [0.29, 0.717) is 18.8 Å². The average molecular weight is 555 g/mol. The van der Waals surface area contributed by atoms with Gasteiger partial charge in [0.25, 0.3) is 5.91 Å². The van der Waals surface area contributed by atoms with Crippen LogP contribution in [0, 0.1) is 13.8 Å². The number of benzene rings is 2. The fourth-order valence-corrected chi connectivity index (χ4v) is 4.92. The lowest BCUT2D eigenvalue weighted by Crippen LogP contribution is -2.36. The molecule has 1 saturated heterocycles. The minimum absolute atomic E-state index is 0.0279. The van der Waals surface area contributed by atoms with Crippen LogP contribution in [-0.4, -0.2) is 46.8 Å². The van der Waals surface area contributed by atoms with E-state index in [1.54, 1.807) is 28.0 Å². The molecular weight excluding hydrogens is 521 g/mol. The predicted molar refractivity (Wildman–Crippen MR) is 149 cm³/mol. The van der Waals surface area contributed by atoms with Crippen LogP contribution in [0.15, 0.2) is 48.8 Å². The number of anilines is 3. The third-order valence-corrected chi connectivity index (χ3v) is 7.35. The molecule has 1 aromatic heterocycles. The van der Waals surface area contributed by atoms with Crippen molar-refractivity contribution in [3.63, 3.8) is 0 Å². The van der Waals surface area contributed by atoms with E-state index in [9.17, 15) is 18.0 Å². The van der Waals surface area contributed by atoms with Gasteiger partial charge >= 0.3 is 6.18 Å². The summed E-state index contributed by atoms with van der Waals surface area (Å²) >= 11 is 0. The van der Waals surface area contributed by atoms with Gasteiger partial charge in [-0.25, -0.2) is 0 Å². The van der Waals surface area contributed by atoms with Crippen molar-refractivity contribution < 1.29 is 18.0 Å². The molecule has 0 saturated carbocycles. The van der Waals surface area contributed by atoms with Crippen molar-refractivity contribution in [2.45, 2.75) is 32.9 Å². The topological polar surface area (TPSA) is 89.5 Å². The maximum atomic E-state index is 13.9. The standard InChI is InChI=1S/C28H33F3N8O/c1-18-6-8-21(15-26(18)39-17-25(35-36-39)22-16-33-37(3)19(22)2)34-27(40)20-7-9-24(23(14-20)28(29,30)31)32-10-13-38-11-4-5-12-38/h6-9,14-17,32,35-36H,4-5,10-13H2,1-3H3,(H,34,40). The van der Waals surface area contributed by atoms with Gasteiger partial charge in [-0.2, -0.15) is 18.3 Å². The van der Waals surface area contributed by atoms with Crippen molar-refractivity contribution in [2.24, 2.45) is 7.05 Å². The van der Waals surface area contributed by atoms with Crippen LogP contribution in [0.1, 0.15) is 45.6 Å². The van der Waals surface area contributed by atoms with Gasteiger partial charge in [0, 0.05) is 54.5 Å². The lowest BCUT2D eigenvalue weighted by atomic mass is 10.1. The summed E-state index contributed by atoms with van der Waals surface area (Å²) in [5.74, 6) is -0.626. The molecule has 0 aliphatic carbocycles. The zero-order chi connectivity index (χ0) is 28.4. The molecule has 0 atom stereocenters. The van der Waals surface area contributed by atoms with Gasteiger partial charge in [-0.1, -0.05) is 6.07 Å². The lowest BCUT2D eigenvalue weighted by molar-refractivity contribution is -0.137. The molecular formula is C28H33F3N8O. The van der Waals surface area contributed by atoms with Crippen molar-refractivity contribution >= 4 is 28.7 Å². The Kier molecular flexibility index (Phi) is 7.72. The minimum atomic E-state index is -4.60. The molecule has 0 spiro atoms. The van der Waals surface area contributed by atoms with E-state index in [2.05, 4.69) is 31.6 Å². The van der Waals surface area contributed by atoms with E-state index in [1.165, 1.54) is 12.1 Å². The van der Waals surface area contributed by atoms with Crippen LogP contribution in [0.3, 0.4) is 0 Å². The van der Waals surface area contributed by atoms with E-state index in [1.807, 2.05) is 33.2 Å². The second-order valence-electron chi connectivity index (χ2n) is 10.1. The first-order valence-corrected chi connectivity index (χ1v) is 13.2. The number of carbonyl (C=O) groups excluding carboxylic acids is 1. The highest BCUT2D eigenvalue weighted by Crippen LogP contribution is 2.36. The number of nitrogens with one attached hydrogen (secondary N) is 4. The summed E-state index contributed by atoms with van der Waals surface area (Å²) in [5, 5.41) is 11.7. The molecule has 4 N–H and O–H groups in total. The molecule has 212 valence electrons. The Morgan fingerprint density at radius 3 is 2.58 bits per heavy atom. The largest absolute Gasteiger partial charge is 0.418 e. The highest BCUT2D eigenvalue weighted by Gasteiger charge is 2.34. The van der Waals surface area contributed by atoms with E-state index in [0.717, 1.165) is 60.2 Å². The molecule has 2 aliphatic rings. The maximum Gasteiger partial charge on any atom is 0.418 e. The summed E-state index contributed by atoms with van der Waals surface area (Å²) < 4.78 is 43.4. The summed E-state index contributed by atoms with van der Waals surface area (Å²) in [4.78, 5) is 15.2. The molecule has 1 fully saturated rings. The summed E-state index contributed by atoms with van der Waals surface area (Å²) in [6, 6.07) is 8.96. The number of halogens is 3. The highest BCUT2D eigenvalue weighted by atomic mass is 19.4. The summed E-state index contributed by atoms with van der Waals surface area (Å²) in [6.45, 7) is 6.91. The molecule has 5 rings (SSSR count). The Labute approximate surface area is 231 Å². The maximum absolute atomic E-state index is 13.9. The molecule has 0 radical (unpaired) electrons. The normalized spacial score (nSPS) is 15.8. The molecule has 2 aliphatic heterocycles. The summed E-state index contributed by atoms with van der Waals surface area (Å²) in [6.07, 6.45) is 1.28. The number of rotatable bonds is 8. The van der Waals surface area contributed by atoms with Crippen molar-refractivity contribution in [1.29, 1.82) is 0 Å². The molecule has 3 heterocycles.